The van der Waals surface area contributed by atoms with E-state index in [1.807, 2.05) is 31.2 Å². The van der Waals surface area contributed by atoms with Crippen molar-refractivity contribution in [3.05, 3.63) is 57.0 Å². The van der Waals surface area contributed by atoms with Gasteiger partial charge in [0, 0.05) is 16.8 Å². The fourth-order valence-corrected chi connectivity index (χ4v) is 2.37. The van der Waals surface area contributed by atoms with Gasteiger partial charge in [-0.1, -0.05) is 29.8 Å². The number of hydrogen-bond donors (Lipinski definition) is 1. The molecule has 0 spiro atoms. The van der Waals surface area contributed by atoms with Gasteiger partial charge in [0.2, 0.25) is 0 Å². The van der Waals surface area contributed by atoms with E-state index in [4.69, 9.17) is 11.6 Å². The van der Waals surface area contributed by atoms with Gasteiger partial charge in [-0.05, 0) is 46.6 Å². The van der Waals surface area contributed by atoms with E-state index in [2.05, 4.69) is 20.9 Å². The molecule has 0 fully saturated rings. The molecule has 2 aromatic rings. The Kier molecular flexibility index (Phi) is 4.04. The third kappa shape index (κ3) is 2.92. The van der Waals surface area contributed by atoms with Crippen molar-refractivity contribution in [1.82, 2.24) is 0 Å². The summed E-state index contributed by atoms with van der Waals surface area (Å²) in [6, 6.07) is 11.1. The molecule has 4 heteroatoms. The number of phenolic OH excluding ortho intramolecular Hbond substituents is 1. The fraction of sp³-hybridized carbons (Fsp3) is 0.0714. The Hall–Kier alpha value is -1.32. The first-order valence-corrected chi connectivity index (χ1v) is 6.53. The Bertz CT molecular complexity index is 611. The van der Waals surface area contributed by atoms with Crippen LogP contribution in [0.25, 0.3) is 0 Å². The Morgan fingerprint density at radius 1 is 1.28 bits per heavy atom. The number of nitrogens with zero attached hydrogens (tertiary/aromatic N) is 1. The average Bonchev–Trinajstić information content (AvgIpc) is 2.33. The molecule has 0 unspecified atom stereocenters. The highest BCUT2D eigenvalue weighted by Crippen LogP contribution is 2.31. The number of aryl methyl sites for hydroxylation is 1. The lowest BCUT2D eigenvalue weighted by molar-refractivity contribution is 0.471. The van der Waals surface area contributed by atoms with Crippen LogP contribution in [0.4, 0.5) is 5.69 Å². The van der Waals surface area contributed by atoms with Crippen molar-refractivity contribution in [3.63, 3.8) is 0 Å². The monoisotopic (exact) mass is 323 g/mol. The molecule has 92 valence electrons. The average molecular weight is 325 g/mol. The van der Waals surface area contributed by atoms with Crippen molar-refractivity contribution in [3.8, 4) is 5.75 Å². The van der Waals surface area contributed by atoms with Gasteiger partial charge in [0.25, 0.3) is 0 Å². The van der Waals surface area contributed by atoms with Crippen molar-refractivity contribution in [2.24, 2.45) is 4.99 Å². The normalized spacial score (nSPS) is 11.1. The molecule has 0 heterocycles. The second-order valence-electron chi connectivity index (χ2n) is 3.87. The van der Waals surface area contributed by atoms with Gasteiger partial charge in [0.05, 0.1) is 10.2 Å². The zero-order valence-electron chi connectivity index (χ0n) is 9.69. The highest BCUT2D eigenvalue weighted by atomic mass is 79.9. The number of aliphatic imine (C=N–C) groups is 1. The largest absolute Gasteiger partial charge is 0.506 e. The van der Waals surface area contributed by atoms with Crippen molar-refractivity contribution in [2.45, 2.75) is 6.92 Å². The number of benzene rings is 2. The fourth-order valence-electron chi connectivity index (χ4n) is 1.53. The first-order chi connectivity index (χ1) is 8.58. The van der Waals surface area contributed by atoms with Crippen molar-refractivity contribution < 1.29 is 5.11 Å². The van der Waals surface area contributed by atoms with Gasteiger partial charge in [0.1, 0.15) is 5.75 Å². The van der Waals surface area contributed by atoms with Crippen molar-refractivity contribution in [1.29, 1.82) is 0 Å². The lowest BCUT2D eigenvalue weighted by Crippen LogP contribution is -1.84. The smallest absolute Gasteiger partial charge is 0.138 e. The minimum absolute atomic E-state index is 0.136. The lowest BCUT2D eigenvalue weighted by atomic mass is 10.2. The summed E-state index contributed by atoms with van der Waals surface area (Å²) in [5.41, 5.74) is 2.53. The highest BCUT2D eigenvalue weighted by molar-refractivity contribution is 9.10. The summed E-state index contributed by atoms with van der Waals surface area (Å²) in [6.45, 7) is 1.99. The van der Waals surface area contributed by atoms with Gasteiger partial charge in [-0.15, -0.1) is 0 Å². The maximum absolute atomic E-state index is 9.87. The van der Waals surface area contributed by atoms with Crippen LogP contribution in [0.1, 0.15) is 11.1 Å². The third-order valence-electron chi connectivity index (χ3n) is 2.52. The Morgan fingerprint density at radius 3 is 2.72 bits per heavy atom. The molecule has 2 aromatic carbocycles. The second-order valence-corrected chi connectivity index (χ2v) is 5.16. The van der Waals surface area contributed by atoms with Gasteiger partial charge in [-0.25, -0.2) is 0 Å². The standard InChI is InChI=1S/C14H11BrClNO/c1-9-4-2-3-5-13(9)17-8-10-6-11(16)7-12(15)14(10)18/h2-8,18H,1H3. The van der Waals surface area contributed by atoms with E-state index < -0.39 is 0 Å². The Labute approximate surface area is 119 Å². The van der Waals surface area contributed by atoms with E-state index in [9.17, 15) is 5.11 Å². The second kappa shape index (κ2) is 5.55. The van der Waals surface area contributed by atoms with Crippen LogP contribution in [0.5, 0.6) is 5.75 Å². The zero-order chi connectivity index (χ0) is 13.1. The Balaban J connectivity index is 2.38. The van der Waals surface area contributed by atoms with E-state index in [-0.39, 0.29) is 5.75 Å². The topological polar surface area (TPSA) is 32.6 Å². The molecule has 0 radical (unpaired) electrons. The van der Waals surface area contributed by atoms with E-state index >= 15 is 0 Å². The third-order valence-corrected chi connectivity index (χ3v) is 3.34. The molecule has 0 aliphatic carbocycles. The number of aromatic hydroxyl groups is 1. The highest BCUT2D eigenvalue weighted by Gasteiger charge is 2.05. The van der Waals surface area contributed by atoms with E-state index in [1.54, 1.807) is 18.3 Å². The SMILES string of the molecule is Cc1ccccc1N=Cc1cc(Cl)cc(Br)c1O. The molecule has 0 aliphatic heterocycles. The molecule has 0 atom stereocenters. The number of rotatable bonds is 2. The number of para-hydroxylation sites is 1. The number of hydrogen-bond acceptors (Lipinski definition) is 2. The predicted molar refractivity (Wildman–Crippen MR) is 79.2 cm³/mol. The summed E-state index contributed by atoms with van der Waals surface area (Å²) in [4.78, 5) is 4.35. The van der Waals surface area contributed by atoms with Gasteiger partial charge in [0.15, 0.2) is 0 Å². The van der Waals surface area contributed by atoms with Crippen LogP contribution < -0.4 is 0 Å². The van der Waals surface area contributed by atoms with Crippen LogP contribution in [-0.2, 0) is 0 Å². The molecule has 0 amide bonds. The molecule has 0 aliphatic rings. The van der Waals surface area contributed by atoms with Crippen LogP contribution in [0.15, 0.2) is 45.9 Å². The molecule has 0 aromatic heterocycles. The molecule has 0 saturated carbocycles. The van der Waals surface area contributed by atoms with Crippen LogP contribution in [0.2, 0.25) is 5.02 Å². The summed E-state index contributed by atoms with van der Waals surface area (Å²) in [5, 5.41) is 10.4. The molecule has 18 heavy (non-hydrogen) atoms. The van der Waals surface area contributed by atoms with Crippen LogP contribution in [0.3, 0.4) is 0 Å². The first-order valence-electron chi connectivity index (χ1n) is 5.35. The Morgan fingerprint density at radius 2 is 2.00 bits per heavy atom. The maximum atomic E-state index is 9.87. The summed E-state index contributed by atoms with van der Waals surface area (Å²) in [6.07, 6.45) is 1.61. The lowest BCUT2D eigenvalue weighted by Gasteiger charge is -2.03. The minimum atomic E-state index is 0.136. The summed E-state index contributed by atoms with van der Waals surface area (Å²) in [5.74, 6) is 0.136. The summed E-state index contributed by atoms with van der Waals surface area (Å²) >= 11 is 9.17. The molecule has 0 saturated heterocycles. The number of halogens is 2. The van der Waals surface area contributed by atoms with Gasteiger partial charge in [-0.2, -0.15) is 0 Å². The van der Waals surface area contributed by atoms with E-state index in [0.717, 1.165) is 11.3 Å². The quantitative estimate of drug-likeness (QED) is 0.786. The predicted octanol–water partition coefficient (Wildman–Crippen LogP) is 4.87. The molecule has 1 N–H and O–H groups in total. The maximum Gasteiger partial charge on any atom is 0.138 e. The summed E-state index contributed by atoms with van der Waals surface area (Å²) in [7, 11) is 0. The van der Waals surface area contributed by atoms with E-state index in [1.165, 1.54) is 0 Å². The van der Waals surface area contributed by atoms with Crippen molar-refractivity contribution in [2.75, 3.05) is 0 Å². The molecule has 2 rings (SSSR count). The van der Waals surface area contributed by atoms with Gasteiger partial charge in [-0.3, -0.25) is 4.99 Å². The van der Waals surface area contributed by atoms with Crippen LogP contribution in [-0.4, -0.2) is 11.3 Å². The first kappa shape index (κ1) is 13.1. The van der Waals surface area contributed by atoms with Gasteiger partial charge < -0.3 is 5.11 Å². The number of phenols is 1. The molecular weight excluding hydrogens is 314 g/mol. The van der Waals surface area contributed by atoms with Crippen LogP contribution in [0, 0.1) is 6.92 Å². The zero-order valence-corrected chi connectivity index (χ0v) is 12.0. The van der Waals surface area contributed by atoms with Crippen LogP contribution >= 0.6 is 27.5 Å². The minimum Gasteiger partial charge on any atom is -0.506 e. The van der Waals surface area contributed by atoms with Crippen molar-refractivity contribution >= 4 is 39.4 Å². The molecular formula is C14H11BrClNO. The van der Waals surface area contributed by atoms with E-state index in [0.29, 0.717) is 15.1 Å². The summed E-state index contributed by atoms with van der Waals surface area (Å²) < 4.78 is 0.557. The molecule has 0 bridgehead atoms. The van der Waals surface area contributed by atoms with Gasteiger partial charge >= 0.3 is 0 Å². The molecule has 2 nitrogen and oxygen atoms in total.